The van der Waals surface area contributed by atoms with Crippen LogP contribution in [0.1, 0.15) is 181 Å². The topological polar surface area (TPSA) is 72.8 Å². The van der Waals surface area contributed by atoms with E-state index in [4.69, 9.17) is 9.47 Å². The summed E-state index contributed by atoms with van der Waals surface area (Å²) in [5, 5.41) is 9.53. The molecule has 0 aromatic rings. The summed E-state index contributed by atoms with van der Waals surface area (Å²) in [6, 6.07) is 0. The second kappa shape index (κ2) is 37.3. The molecule has 0 bridgehead atoms. The van der Waals surface area contributed by atoms with Gasteiger partial charge in [-0.2, -0.15) is 0 Å². The molecule has 5 heteroatoms. The molecule has 266 valence electrons. The van der Waals surface area contributed by atoms with Crippen molar-refractivity contribution < 1.29 is 24.2 Å². The SMILES string of the molecule is CC/C=C\C/C=C\C/C=C\C/C=C\CCCCC(=O)OC(CO)COC(=O)CCCCCCCCCCCCCCCCCCC. The highest BCUT2D eigenvalue weighted by Gasteiger charge is 2.16. The lowest BCUT2D eigenvalue weighted by Gasteiger charge is -2.15. The van der Waals surface area contributed by atoms with Crippen LogP contribution >= 0.6 is 0 Å². The average molecular weight is 645 g/mol. The zero-order valence-electron chi connectivity index (χ0n) is 30.1. The molecule has 0 aliphatic heterocycles. The number of hydrogen-bond donors (Lipinski definition) is 1. The maximum absolute atomic E-state index is 12.1. The number of rotatable bonds is 34. The van der Waals surface area contributed by atoms with Crippen molar-refractivity contribution in [1.82, 2.24) is 0 Å². The van der Waals surface area contributed by atoms with Gasteiger partial charge in [0, 0.05) is 12.8 Å². The number of esters is 2. The number of allylic oxidation sites excluding steroid dienone is 8. The molecule has 0 aromatic heterocycles. The Balaban J connectivity index is 3.61. The molecule has 0 saturated heterocycles. The monoisotopic (exact) mass is 645 g/mol. The van der Waals surface area contributed by atoms with Crippen LogP contribution in [0.2, 0.25) is 0 Å². The molecule has 0 aromatic carbocycles. The molecule has 0 rings (SSSR count). The Labute approximate surface area is 284 Å². The van der Waals surface area contributed by atoms with Gasteiger partial charge in [-0.1, -0.05) is 165 Å². The Morgan fingerprint density at radius 1 is 0.522 bits per heavy atom. The van der Waals surface area contributed by atoms with Crippen LogP contribution in [-0.2, 0) is 19.1 Å². The summed E-state index contributed by atoms with van der Waals surface area (Å²) in [5.41, 5.74) is 0. The second-order valence-corrected chi connectivity index (χ2v) is 12.6. The average Bonchev–Trinajstić information content (AvgIpc) is 3.06. The Bertz CT molecular complexity index is 782. The Hall–Kier alpha value is -2.14. The number of carbonyl (C=O) groups is 2. The molecule has 1 atom stereocenters. The molecular weight excluding hydrogens is 572 g/mol. The Kier molecular flexibility index (Phi) is 35.6. The first kappa shape index (κ1) is 43.9. The third-order valence-corrected chi connectivity index (χ3v) is 8.14. The van der Waals surface area contributed by atoms with E-state index >= 15 is 0 Å². The van der Waals surface area contributed by atoms with Crippen LogP contribution in [-0.4, -0.2) is 36.4 Å². The predicted octanol–water partition coefficient (Wildman–Crippen LogP) is 11.8. The second-order valence-electron chi connectivity index (χ2n) is 12.6. The van der Waals surface area contributed by atoms with Crippen molar-refractivity contribution in [3.05, 3.63) is 48.6 Å². The zero-order chi connectivity index (χ0) is 33.6. The van der Waals surface area contributed by atoms with Gasteiger partial charge in [-0.25, -0.2) is 0 Å². The number of unbranched alkanes of at least 4 members (excludes halogenated alkanes) is 18. The van der Waals surface area contributed by atoms with E-state index in [2.05, 4.69) is 62.5 Å². The highest BCUT2D eigenvalue weighted by atomic mass is 16.6. The molecule has 0 aliphatic rings. The molecule has 0 heterocycles. The van der Waals surface area contributed by atoms with Crippen LogP contribution in [0.25, 0.3) is 0 Å². The minimum atomic E-state index is -0.790. The fourth-order valence-corrected chi connectivity index (χ4v) is 5.25. The lowest BCUT2D eigenvalue weighted by atomic mass is 10.0. The summed E-state index contributed by atoms with van der Waals surface area (Å²) in [6.45, 7) is 3.99. The lowest BCUT2D eigenvalue weighted by Crippen LogP contribution is -2.28. The number of carbonyl (C=O) groups excluding carboxylic acids is 2. The van der Waals surface area contributed by atoms with E-state index in [1.54, 1.807) is 0 Å². The van der Waals surface area contributed by atoms with Gasteiger partial charge in [-0.15, -0.1) is 0 Å². The van der Waals surface area contributed by atoms with Gasteiger partial charge < -0.3 is 14.6 Å². The summed E-state index contributed by atoms with van der Waals surface area (Å²) < 4.78 is 10.6. The number of ether oxygens (including phenoxy) is 2. The van der Waals surface area contributed by atoms with Crippen LogP contribution in [0.5, 0.6) is 0 Å². The molecule has 46 heavy (non-hydrogen) atoms. The van der Waals surface area contributed by atoms with Crippen molar-refractivity contribution in [1.29, 1.82) is 0 Å². The molecule has 0 amide bonds. The summed E-state index contributed by atoms with van der Waals surface area (Å²) in [7, 11) is 0. The highest BCUT2D eigenvalue weighted by molar-refractivity contribution is 5.70. The van der Waals surface area contributed by atoms with Gasteiger partial charge in [0.05, 0.1) is 6.61 Å². The molecule has 0 aliphatic carbocycles. The molecule has 0 radical (unpaired) electrons. The molecule has 0 fully saturated rings. The van der Waals surface area contributed by atoms with Crippen molar-refractivity contribution in [3.63, 3.8) is 0 Å². The standard InChI is InChI=1S/C41H72O5/c1-3-5-7-9-11-13-15-17-19-20-22-23-25-27-29-31-33-35-40(43)45-38-39(37-42)46-41(44)36-34-32-30-28-26-24-21-18-16-14-12-10-8-6-4-2/h6,8,12,14,18,21,26,28,39,42H,3-5,7,9-11,13,15-17,19-20,22-25,27,29-38H2,1-2H3/b8-6-,14-12-,21-18-,28-26-. The molecule has 1 unspecified atom stereocenters. The van der Waals surface area contributed by atoms with E-state index in [9.17, 15) is 14.7 Å². The van der Waals surface area contributed by atoms with Gasteiger partial charge >= 0.3 is 11.9 Å². The zero-order valence-corrected chi connectivity index (χ0v) is 30.1. The third kappa shape index (κ3) is 34.7. The molecule has 1 N–H and O–H groups in total. The first-order valence-corrected chi connectivity index (χ1v) is 19.2. The third-order valence-electron chi connectivity index (χ3n) is 8.14. The van der Waals surface area contributed by atoms with E-state index in [-0.39, 0.29) is 25.2 Å². The van der Waals surface area contributed by atoms with Crippen LogP contribution in [0.15, 0.2) is 48.6 Å². The quantitative estimate of drug-likeness (QED) is 0.0429. The van der Waals surface area contributed by atoms with Crippen molar-refractivity contribution in [2.24, 2.45) is 0 Å². The van der Waals surface area contributed by atoms with E-state index in [1.807, 2.05) is 0 Å². The molecular formula is C41H72O5. The van der Waals surface area contributed by atoms with Gasteiger partial charge in [0.1, 0.15) is 6.61 Å². The van der Waals surface area contributed by atoms with E-state index in [1.165, 1.54) is 89.9 Å². The van der Waals surface area contributed by atoms with Gasteiger partial charge in [0.25, 0.3) is 0 Å². The van der Waals surface area contributed by atoms with Crippen LogP contribution < -0.4 is 0 Å². The van der Waals surface area contributed by atoms with E-state index in [0.29, 0.717) is 12.8 Å². The Morgan fingerprint density at radius 2 is 0.935 bits per heavy atom. The van der Waals surface area contributed by atoms with Crippen molar-refractivity contribution in [2.75, 3.05) is 13.2 Å². The number of aliphatic hydroxyl groups is 1. The smallest absolute Gasteiger partial charge is 0.306 e. The summed E-state index contributed by atoms with van der Waals surface area (Å²) in [5.74, 6) is -0.637. The summed E-state index contributed by atoms with van der Waals surface area (Å²) in [4.78, 5) is 24.2. The van der Waals surface area contributed by atoms with Gasteiger partial charge in [0.2, 0.25) is 0 Å². The first-order valence-electron chi connectivity index (χ1n) is 19.2. The normalized spacial score (nSPS) is 12.7. The van der Waals surface area contributed by atoms with Crippen LogP contribution in [0.3, 0.4) is 0 Å². The Morgan fingerprint density at radius 3 is 1.41 bits per heavy atom. The lowest BCUT2D eigenvalue weighted by molar-refractivity contribution is -0.161. The van der Waals surface area contributed by atoms with Gasteiger partial charge in [0.15, 0.2) is 6.10 Å². The van der Waals surface area contributed by atoms with E-state index in [0.717, 1.165) is 64.2 Å². The summed E-state index contributed by atoms with van der Waals surface area (Å²) in [6.07, 6.45) is 46.0. The van der Waals surface area contributed by atoms with Crippen LogP contribution in [0.4, 0.5) is 0 Å². The van der Waals surface area contributed by atoms with Gasteiger partial charge in [-0.05, 0) is 51.4 Å². The largest absolute Gasteiger partial charge is 0.462 e. The molecule has 5 nitrogen and oxygen atoms in total. The van der Waals surface area contributed by atoms with E-state index < -0.39 is 6.10 Å². The maximum atomic E-state index is 12.1. The number of aliphatic hydroxyl groups excluding tert-OH is 1. The minimum Gasteiger partial charge on any atom is -0.462 e. The van der Waals surface area contributed by atoms with Crippen molar-refractivity contribution in [3.8, 4) is 0 Å². The molecule has 0 spiro atoms. The number of hydrogen-bond acceptors (Lipinski definition) is 5. The fraction of sp³-hybridized carbons (Fsp3) is 0.756. The van der Waals surface area contributed by atoms with Crippen LogP contribution in [0, 0.1) is 0 Å². The predicted molar refractivity (Wildman–Crippen MR) is 196 cm³/mol. The maximum Gasteiger partial charge on any atom is 0.306 e. The van der Waals surface area contributed by atoms with Gasteiger partial charge in [-0.3, -0.25) is 9.59 Å². The highest BCUT2D eigenvalue weighted by Crippen LogP contribution is 2.14. The minimum absolute atomic E-state index is 0.0814. The fourth-order valence-electron chi connectivity index (χ4n) is 5.25. The van der Waals surface area contributed by atoms with Crippen molar-refractivity contribution >= 4 is 11.9 Å². The molecule has 0 saturated carbocycles. The van der Waals surface area contributed by atoms with Crippen molar-refractivity contribution in [2.45, 2.75) is 187 Å². The summed E-state index contributed by atoms with van der Waals surface area (Å²) >= 11 is 0. The first-order chi connectivity index (χ1) is 22.6.